The molecule has 7 nitrogen and oxygen atoms in total. The minimum absolute atomic E-state index is 0.201. The number of thiophene rings is 1. The molecule has 1 N–H and O–H groups in total. The number of amides is 1. The molecule has 1 fully saturated rings. The van der Waals surface area contributed by atoms with E-state index in [1.54, 1.807) is 6.92 Å². The van der Waals surface area contributed by atoms with Gasteiger partial charge in [-0.05, 0) is 30.7 Å². The second kappa shape index (κ2) is 8.64. The molecule has 8 heteroatoms. The lowest BCUT2D eigenvalue weighted by atomic mass is 9.92. The molecule has 0 unspecified atom stereocenters. The molecule has 1 aliphatic rings. The van der Waals surface area contributed by atoms with E-state index in [1.165, 1.54) is 14.2 Å². The molecule has 2 atom stereocenters. The smallest absolute Gasteiger partial charge is 0.348 e. The fraction of sp³-hybridized carbons (Fsp3) is 0.611. The summed E-state index contributed by atoms with van der Waals surface area (Å²) >= 11 is 1.03. The molecule has 0 saturated carbocycles. The maximum absolute atomic E-state index is 12.5. The van der Waals surface area contributed by atoms with E-state index in [4.69, 9.17) is 9.47 Å². The number of nitrogens with zero attached hydrogens (tertiary/aromatic N) is 1. The molecule has 26 heavy (non-hydrogen) atoms. The first kappa shape index (κ1) is 20.4. The number of rotatable bonds is 5. The highest BCUT2D eigenvalue weighted by atomic mass is 32.1. The van der Waals surface area contributed by atoms with Gasteiger partial charge in [0.1, 0.15) is 9.88 Å². The van der Waals surface area contributed by atoms with Gasteiger partial charge < -0.3 is 14.8 Å². The van der Waals surface area contributed by atoms with Gasteiger partial charge in [-0.2, -0.15) is 0 Å². The number of ether oxygens (including phenoxy) is 2. The summed E-state index contributed by atoms with van der Waals surface area (Å²) in [6.45, 7) is 8.00. The Bertz CT molecular complexity index is 690. The van der Waals surface area contributed by atoms with Crippen molar-refractivity contribution < 1.29 is 23.9 Å². The van der Waals surface area contributed by atoms with Crippen molar-refractivity contribution in [1.82, 2.24) is 4.90 Å². The van der Waals surface area contributed by atoms with Crippen molar-refractivity contribution in [2.24, 2.45) is 11.8 Å². The van der Waals surface area contributed by atoms with Crippen molar-refractivity contribution in [3.05, 3.63) is 16.0 Å². The molecule has 1 saturated heterocycles. The molecule has 0 spiro atoms. The molecule has 0 radical (unpaired) electrons. The van der Waals surface area contributed by atoms with Crippen molar-refractivity contribution in [2.45, 2.75) is 27.2 Å². The average Bonchev–Trinajstić information content (AvgIpc) is 2.88. The number of piperidine rings is 1. The van der Waals surface area contributed by atoms with E-state index in [2.05, 4.69) is 24.1 Å². The van der Waals surface area contributed by atoms with Gasteiger partial charge in [0, 0.05) is 13.1 Å². The van der Waals surface area contributed by atoms with Gasteiger partial charge in [-0.15, -0.1) is 11.3 Å². The Labute approximate surface area is 157 Å². The monoisotopic (exact) mass is 382 g/mol. The van der Waals surface area contributed by atoms with Crippen molar-refractivity contribution in [3.63, 3.8) is 0 Å². The van der Waals surface area contributed by atoms with Crippen LogP contribution in [0.4, 0.5) is 5.00 Å². The predicted molar refractivity (Wildman–Crippen MR) is 99.7 cm³/mol. The van der Waals surface area contributed by atoms with E-state index < -0.39 is 11.9 Å². The molecular weight excluding hydrogens is 356 g/mol. The average molecular weight is 382 g/mol. The predicted octanol–water partition coefficient (Wildman–Crippen LogP) is 2.55. The highest BCUT2D eigenvalue weighted by molar-refractivity contribution is 7.18. The van der Waals surface area contributed by atoms with Gasteiger partial charge in [-0.3, -0.25) is 9.69 Å². The van der Waals surface area contributed by atoms with E-state index in [-0.39, 0.29) is 22.9 Å². The number of likely N-dealkylation sites (tertiary alicyclic amines) is 1. The number of carbonyl (C=O) groups is 3. The van der Waals surface area contributed by atoms with Gasteiger partial charge >= 0.3 is 11.9 Å². The van der Waals surface area contributed by atoms with Gasteiger partial charge in [-0.25, -0.2) is 9.59 Å². The summed E-state index contributed by atoms with van der Waals surface area (Å²) < 4.78 is 9.55. The first-order chi connectivity index (χ1) is 12.3. The van der Waals surface area contributed by atoms with Gasteiger partial charge in [0.15, 0.2) is 0 Å². The maximum Gasteiger partial charge on any atom is 0.348 e. The van der Waals surface area contributed by atoms with E-state index in [9.17, 15) is 14.4 Å². The maximum atomic E-state index is 12.5. The fourth-order valence-corrected chi connectivity index (χ4v) is 4.66. The lowest BCUT2D eigenvalue weighted by Gasteiger charge is -2.34. The molecule has 2 rings (SSSR count). The third-order valence-corrected chi connectivity index (χ3v) is 5.66. The van der Waals surface area contributed by atoms with Crippen LogP contribution in [0, 0.1) is 18.8 Å². The summed E-state index contributed by atoms with van der Waals surface area (Å²) in [4.78, 5) is 38.9. The van der Waals surface area contributed by atoms with Crippen LogP contribution in [0.25, 0.3) is 0 Å². The highest BCUT2D eigenvalue weighted by Gasteiger charge is 2.28. The van der Waals surface area contributed by atoms with Crippen LogP contribution in [-0.4, -0.2) is 56.6 Å². The summed E-state index contributed by atoms with van der Waals surface area (Å²) in [6, 6.07) is 0. The highest BCUT2D eigenvalue weighted by Crippen LogP contribution is 2.34. The summed E-state index contributed by atoms with van der Waals surface area (Å²) in [5.41, 5.74) is 0.649. The first-order valence-electron chi connectivity index (χ1n) is 8.59. The number of methoxy groups -OCH3 is 2. The number of hydrogen-bond acceptors (Lipinski definition) is 7. The van der Waals surface area contributed by atoms with E-state index >= 15 is 0 Å². The zero-order chi connectivity index (χ0) is 19.4. The molecule has 0 bridgehead atoms. The summed E-state index contributed by atoms with van der Waals surface area (Å²) in [5.74, 6) is -0.255. The Morgan fingerprint density at radius 1 is 1.12 bits per heavy atom. The molecule has 144 valence electrons. The Kier molecular flexibility index (Phi) is 6.77. The Morgan fingerprint density at radius 3 is 2.23 bits per heavy atom. The van der Waals surface area contributed by atoms with Gasteiger partial charge in [0.2, 0.25) is 5.91 Å². The van der Waals surface area contributed by atoms with E-state index in [0.717, 1.165) is 30.8 Å². The van der Waals surface area contributed by atoms with Crippen LogP contribution in [0.15, 0.2) is 0 Å². The molecule has 1 aromatic rings. The standard InChI is InChI=1S/C18H26N2O5S/c1-10-6-11(2)8-20(7-10)9-13(21)19-16-14(17(22)24-4)12(3)15(26-16)18(23)25-5/h10-11H,6-9H2,1-5H3,(H,19,21)/t10-,11-/m0/s1. The quantitative estimate of drug-likeness (QED) is 0.788. The zero-order valence-electron chi connectivity index (χ0n) is 15.9. The minimum Gasteiger partial charge on any atom is -0.465 e. The SMILES string of the molecule is COC(=O)c1sc(NC(=O)CN2C[C@@H](C)C[C@H](C)C2)c(C(=O)OC)c1C. The van der Waals surface area contributed by atoms with E-state index in [0.29, 0.717) is 22.4 Å². The Balaban J connectivity index is 2.18. The molecule has 0 aromatic carbocycles. The van der Waals surface area contributed by atoms with Crippen LogP contribution < -0.4 is 5.32 Å². The second-order valence-electron chi connectivity index (χ2n) is 6.93. The number of esters is 2. The third-order valence-electron chi connectivity index (χ3n) is 4.47. The summed E-state index contributed by atoms with van der Waals surface area (Å²) in [7, 11) is 2.54. The molecule has 1 aliphatic heterocycles. The van der Waals surface area contributed by atoms with Crippen LogP contribution >= 0.6 is 11.3 Å². The van der Waals surface area contributed by atoms with Crippen LogP contribution in [0.5, 0.6) is 0 Å². The third kappa shape index (κ3) is 4.62. The topological polar surface area (TPSA) is 84.9 Å². The fourth-order valence-electron chi connectivity index (χ4n) is 3.53. The normalized spacial score (nSPS) is 20.5. The molecule has 2 heterocycles. The van der Waals surface area contributed by atoms with Crippen LogP contribution in [0.2, 0.25) is 0 Å². The summed E-state index contributed by atoms with van der Waals surface area (Å²) in [5, 5.41) is 3.09. The summed E-state index contributed by atoms with van der Waals surface area (Å²) in [6.07, 6.45) is 1.16. The number of anilines is 1. The number of nitrogens with one attached hydrogen (secondary N) is 1. The minimum atomic E-state index is -0.593. The van der Waals surface area contributed by atoms with Gasteiger partial charge in [0.25, 0.3) is 0 Å². The molecular formula is C18H26N2O5S. The molecule has 1 amide bonds. The van der Waals surface area contributed by atoms with E-state index in [1.807, 2.05) is 0 Å². The lowest BCUT2D eigenvalue weighted by molar-refractivity contribution is -0.117. The van der Waals surface area contributed by atoms with Crippen molar-refractivity contribution in [2.75, 3.05) is 39.2 Å². The Hall–Kier alpha value is -1.93. The van der Waals surface area contributed by atoms with Crippen molar-refractivity contribution in [1.29, 1.82) is 0 Å². The second-order valence-corrected chi connectivity index (χ2v) is 7.95. The van der Waals surface area contributed by atoms with Crippen LogP contribution in [0.3, 0.4) is 0 Å². The first-order valence-corrected chi connectivity index (χ1v) is 9.40. The van der Waals surface area contributed by atoms with Crippen LogP contribution in [0.1, 0.15) is 45.9 Å². The largest absolute Gasteiger partial charge is 0.465 e. The number of carbonyl (C=O) groups excluding carboxylic acids is 3. The zero-order valence-corrected chi connectivity index (χ0v) is 16.7. The van der Waals surface area contributed by atoms with Gasteiger partial charge in [0.05, 0.1) is 26.3 Å². The van der Waals surface area contributed by atoms with Crippen LogP contribution in [-0.2, 0) is 14.3 Å². The van der Waals surface area contributed by atoms with Crippen molar-refractivity contribution in [3.8, 4) is 0 Å². The van der Waals surface area contributed by atoms with Crippen molar-refractivity contribution >= 4 is 34.2 Å². The lowest BCUT2D eigenvalue weighted by Crippen LogP contribution is -2.42. The molecule has 0 aliphatic carbocycles. The Morgan fingerprint density at radius 2 is 1.69 bits per heavy atom. The molecule has 1 aromatic heterocycles. The van der Waals surface area contributed by atoms with Gasteiger partial charge in [-0.1, -0.05) is 13.8 Å². The number of hydrogen-bond donors (Lipinski definition) is 1.